The fourth-order valence-corrected chi connectivity index (χ4v) is 3.71. The van der Waals surface area contributed by atoms with Gasteiger partial charge in [0.05, 0.1) is 16.8 Å². The summed E-state index contributed by atoms with van der Waals surface area (Å²) in [6.45, 7) is 3.79. The van der Waals surface area contributed by atoms with Crippen molar-refractivity contribution < 1.29 is 4.74 Å². The quantitative estimate of drug-likeness (QED) is 0.705. The SMILES string of the molecule is Cc1ccc(C2OCCCC2CNc2ccn3ncc(Br)c3n2)cc1. The van der Waals surface area contributed by atoms with Crippen molar-refractivity contribution in [3.63, 3.8) is 0 Å². The van der Waals surface area contributed by atoms with Gasteiger partial charge >= 0.3 is 0 Å². The number of nitrogens with zero attached hydrogens (tertiary/aromatic N) is 3. The molecule has 6 heteroatoms. The molecule has 25 heavy (non-hydrogen) atoms. The topological polar surface area (TPSA) is 51.5 Å². The highest BCUT2D eigenvalue weighted by Gasteiger charge is 2.27. The highest BCUT2D eigenvalue weighted by atomic mass is 79.9. The minimum Gasteiger partial charge on any atom is -0.373 e. The van der Waals surface area contributed by atoms with Gasteiger partial charge in [-0.15, -0.1) is 0 Å². The van der Waals surface area contributed by atoms with Crippen LogP contribution in [-0.2, 0) is 4.74 Å². The fraction of sp³-hybridized carbons (Fsp3) is 0.368. The minimum absolute atomic E-state index is 0.146. The molecule has 1 aromatic carbocycles. The summed E-state index contributed by atoms with van der Waals surface area (Å²) >= 11 is 3.48. The van der Waals surface area contributed by atoms with Gasteiger partial charge in [-0.3, -0.25) is 0 Å². The molecule has 0 spiro atoms. The van der Waals surface area contributed by atoms with E-state index in [4.69, 9.17) is 4.74 Å². The van der Waals surface area contributed by atoms with Crippen molar-refractivity contribution in [2.24, 2.45) is 5.92 Å². The molecule has 1 fully saturated rings. The predicted octanol–water partition coefficient (Wildman–Crippen LogP) is 4.38. The Morgan fingerprint density at radius 1 is 1.28 bits per heavy atom. The molecule has 2 atom stereocenters. The minimum atomic E-state index is 0.146. The summed E-state index contributed by atoms with van der Waals surface area (Å²) in [5, 5.41) is 7.71. The number of benzene rings is 1. The highest BCUT2D eigenvalue weighted by molar-refractivity contribution is 9.10. The van der Waals surface area contributed by atoms with Gasteiger partial charge in [-0.25, -0.2) is 9.50 Å². The number of hydrogen-bond acceptors (Lipinski definition) is 4. The van der Waals surface area contributed by atoms with E-state index < -0.39 is 0 Å². The molecule has 1 N–H and O–H groups in total. The zero-order chi connectivity index (χ0) is 17.2. The van der Waals surface area contributed by atoms with Crippen LogP contribution in [0.3, 0.4) is 0 Å². The van der Waals surface area contributed by atoms with Crippen molar-refractivity contribution in [3.05, 3.63) is 58.3 Å². The molecule has 2 unspecified atom stereocenters. The van der Waals surface area contributed by atoms with Gasteiger partial charge in [0.2, 0.25) is 0 Å². The van der Waals surface area contributed by atoms with Crippen LogP contribution >= 0.6 is 15.9 Å². The third kappa shape index (κ3) is 3.55. The maximum Gasteiger partial charge on any atom is 0.171 e. The molecule has 0 bridgehead atoms. The van der Waals surface area contributed by atoms with Crippen LogP contribution in [0, 0.1) is 12.8 Å². The Kier molecular flexibility index (Phi) is 4.72. The maximum atomic E-state index is 6.10. The molecule has 0 radical (unpaired) electrons. The van der Waals surface area contributed by atoms with Gasteiger partial charge < -0.3 is 10.1 Å². The van der Waals surface area contributed by atoms with Gasteiger partial charge in [0.1, 0.15) is 5.82 Å². The van der Waals surface area contributed by atoms with Crippen molar-refractivity contribution >= 4 is 27.4 Å². The third-order valence-corrected chi connectivity index (χ3v) is 5.28. The van der Waals surface area contributed by atoms with E-state index in [1.165, 1.54) is 11.1 Å². The van der Waals surface area contributed by atoms with E-state index in [1.54, 1.807) is 10.7 Å². The second-order valence-electron chi connectivity index (χ2n) is 6.56. The number of nitrogens with one attached hydrogen (secondary N) is 1. The van der Waals surface area contributed by atoms with E-state index in [0.717, 1.165) is 41.9 Å². The molecule has 130 valence electrons. The zero-order valence-corrected chi connectivity index (χ0v) is 15.7. The second kappa shape index (κ2) is 7.14. The fourth-order valence-electron chi connectivity index (χ4n) is 3.35. The van der Waals surface area contributed by atoms with Gasteiger partial charge in [-0.05, 0) is 47.3 Å². The average Bonchev–Trinajstić information content (AvgIpc) is 3.02. The van der Waals surface area contributed by atoms with Crippen LogP contribution in [0.25, 0.3) is 5.65 Å². The van der Waals surface area contributed by atoms with Crippen LogP contribution in [-0.4, -0.2) is 27.7 Å². The first kappa shape index (κ1) is 16.5. The number of anilines is 1. The lowest BCUT2D eigenvalue weighted by molar-refractivity contribution is -0.0238. The van der Waals surface area contributed by atoms with Gasteiger partial charge in [0.25, 0.3) is 0 Å². The number of fused-ring (bicyclic) bond motifs is 1. The van der Waals surface area contributed by atoms with Crippen LogP contribution in [0.4, 0.5) is 5.82 Å². The Bertz CT molecular complexity index is 861. The number of halogens is 1. The summed E-state index contributed by atoms with van der Waals surface area (Å²) in [7, 11) is 0. The molecule has 0 aliphatic carbocycles. The van der Waals surface area contributed by atoms with Crippen LogP contribution in [0.15, 0.2) is 47.2 Å². The summed E-state index contributed by atoms with van der Waals surface area (Å²) in [4.78, 5) is 4.63. The van der Waals surface area contributed by atoms with Crippen molar-refractivity contribution in [3.8, 4) is 0 Å². The van der Waals surface area contributed by atoms with Gasteiger partial charge in [0, 0.05) is 25.3 Å². The molecule has 1 aliphatic heterocycles. The largest absolute Gasteiger partial charge is 0.373 e. The van der Waals surface area contributed by atoms with E-state index >= 15 is 0 Å². The lowest BCUT2D eigenvalue weighted by Crippen LogP contribution is -2.28. The normalized spacial score (nSPS) is 20.7. The number of hydrogen-bond donors (Lipinski definition) is 1. The summed E-state index contributed by atoms with van der Waals surface area (Å²) in [6.07, 6.45) is 6.09. The molecule has 3 aromatic rings. The molecule has 3 heterocycles. The van der Waals surface area contributed by atoms with Crippen LogP contribution in [0.1, 0.15) is 30.1 Å². The van der Waals surface area contributed by atoms with Crippen LogP contribution in [0.5, 0.6) is 0 Å². The molecular weight excluding hydrogens is 380 g/mol. The van der Waals surface area contributed by atoms with E-state index in [-0.39, 0.29) is 6.10 Å². The molecule has 1 saturated heterocycles. The van der Waals surface area contributed by atoms with Crippen LogP contribution in [0.2, 0.25) is 0 Å². The van der Waals surface area contributed by atoms with Crippen molar-refractivity contribution in [1.29, 1.82) is 0 Å². The maximum absolute atomic E-state index is 6.10. The lowest BCUT2D eigenvalue weighted by atomic mass is 9.89. The van der Waals surface area contributed by atoms with Gasteiger partial charge in [-0.2, -0.15) is 5.10 Å². The summed E-state index contributed by atoms with van der Waals surface area (Å²) in [6, 6.07) is 10.6. The molecule has 0 amide bonds. The Morgan fingerprint density at radius 3 is 2.96 bits per heavy atom. The summed E-state index contributed by atoms with van der Waals surface area (Å²) in [5.74, 6) is 1.30. The number of aromatic nitrogens is 3. The van der Waals surface area contributed by atoms with E-state index in [0.29, 0.717) is 5.92 Å². The van der Waals surface area contributed by atoms with E-state index in [2.05, 4.69) is 62.5 Å². The first-order valence-electron chi connectivity index (χ1n) is 8.62. The molecule has 0 saturated carbocycles. The molecule has 4 rings (SSSR count). The first-order valence-corrected chi connectivity index (χ1v) is 9.42. The van der Waals surface area contributed by atoms with Gasteiger partial charge in [0.15, 0.2) is 5.65 Å². The smallest absolute Gasteiger partial charge is 0.171 e. The third-order valence-electron chi connectivity index (χ3n) is 4.72. The second-order valence-corrected chi connectivity index (χ2v) is 7.41. The number of ether oxygens (including phenoxy) is 1. The summed E-state index contributed by atoms with van der Waals surface area (Å²) in [5.41, 5.74) is 3.36. The Balaban J connectivity index is 1.49. The van der Waals surface area contributed by atoms with Crippen molar-refractivity contribution in [2.75, 3.05) is 18.5 Å². The summed E-state index contributed by atoms with van der Waals surface area (Å²) < 4.78 is 8.76. The average molecular weight is 401 g/mol. The molecule has 5 nitrogen and oxygen atoms in total. The Morgan fingerprint density at radius 2 is 2.12 bits per heavy atom. The van der Waals surface area contributed by atoms with E-state index in [1.807, 2.05) is 12.3 Å². The zero-order valence-electron chi connectivity index (χ0n) is 14.2. The molecule has 1 aliphatic rings. The Labute approximate surface area is 155 Å². The van der Waals surface area contributed by atoms with Crippen molar-refractivity contribution in [1.82, 2.24) is 14.6 Å². The van der Waals surface area contributed by atoms with Gasteiger partial charge in [-0.1, -0.05) is 29.8 Å². The Hall–Kier alpha value is -1.92. The standard InChI is InChI=1S/C19H21BrN4O/c1-13-4-6-14(7-5-13)18-15(3-2-10-25-18)11-21-17-8-9-24-19(23-17)16(20)12-22-24/h4-9,12,15,18H,2-3,10-11H2,1H3,(H,21,23). The number of aryl methyl sites for hydroxylation is 1. The number of rotatable bonds is 4. The molecule has 2 aromatic heterocycles. The van der Waals surface area contributed by atoms with Crippen LogP contribution < -0.4 is 5.32 Å². The monoisotopic (exact) mass is 400 g/mol. The lowest BCUT2D eigenvalue weighted by Gasteiger charge is -2.32. The first-order chi connectivity index (χ1) is 12.2. The van der Waals surface area contributed by atoms with E-state index in [9.17, 15) is 0 Å². The molecular formula is C19H21BrN4O. The predicted molar refractivity (Wildman–Crippen MR) is 102 cm³/mol. The van der Waals surface area contributed by atoms with Crippen molar-refractivity contribution in [2.45, 2.75) is 25.9 Å². The highest BCUT2D eigenvalue weighted by Crippen LogP contribution is 2.34.